The molecule has 0 atom stereocenters. The van der Waals surface area contributed by atoms with Crippen molar-refractivity contribution in [2.75, 3.05) is 5.32 Å². The number of hydrogen-bond acceptors (Lipinski definition) is 4. The van der Waals surface area contributed by atoms with Gasteiger partial charge in [-0.2, -0.15) is 0 Å². The lowest BCUT2D eigenvalue weighted by molar-refractivity contribution is -0.117. The van der Waals surface area contributed by atoms with E-state index < -0.39 is 29.8 Å². The molecule has 0 unspecified atom stereocenters. The van der Waals surface area contributed by atoms with Crippen LogP contribution in [0.2, 0.25) is 5.02 Å². The maximum absolute atomic E-state index is 13.8. The van der Waals surface area contributed by atoms with Gasteiger partial charge in [0.05, 0.1) is 16.6 Å². The van der Waals surface area contributed by atoms with Crippen LogP contribution < -0.4 is 16.6 Å². The van der Waals surface area contributed by atoms with Crippen molar-refractivity contribution in [1.82, 2.24) is 18.7 Å². The van der Waals surface area contributed by atoms with Crippen LogP contribution in [-0.2, 0) is 17.9 Å². The monoisotopic (exact) mass is 447 g/mol. The third kappa shape index (κ3) is 3.70. The summed E-state index contributed by atoms with van der Waals surface area (Å²) in [6, 6.07) is 7.16. The van der Waals surface area contributed by atoms with Crippen molar-refractivity contribution in [3.05, 3.63) is 73.9 Å². The van der Waals surface area contributed by atoms with Gasteiger partial charge in [0.15, 0.2) is 0 Å². The van der Waals surface area contributed by atoms with Crippen LogP contribution in [0.4, 0.5) is 14.5 Å². The summed E-state index contributed by atoms with van der Waals surface area (Å²) in [4.78, 5) is 38.3. The van der Waals surface area contributed by atoms with E-state index in [9.17, 15) is 23.2 Å². The van der Waals surface area contributed by atoms with E-state index in [0.29, 0.717) is 18.0 Å². The molecule has 0 aliphatic rings. The number of nitrogens with one attached hydrogen (secondary N) is 1. The summed E-state index contributed by atoms with van der Waals surface area (Å²) in [5, 5.41) is 6.96. The summed E-state index contributed by atoms with van der Waals surface area (Å²) < 4.78 is 30.5. The number of carbonyl (C=O) groups is 1. The molecule has 0 bridgehead atoms. The number of fused-ring (bicyclic) bond motifs is 3. The van der Waals surface area contributed by atoms with E-state index in [-0.39, 0.29) is 27.9 Å². The molecule has 0 fully saturated rings. The third-order valence-corrected chi connectivity index (χ3v) is 4.92. The average molecular weight is 448 g/mol. The summed E-state index contributed by atoms with van der Waals surface area (Å²) in [5.41, 5.74) is -1.12. The van der Waals surface area contributed by atoms with E-state index in [1.807, 2.05) is 6.92 Å². The van der Waals surface area contributed by atoms with E-state index in [4.69, 9.17) is 11.6 Å². The molecule has 11 heteroatoms. The molecule has 1 amide bonds. The highest BCUT2D eigenvalue weighted by molar-refractivity contribution is 6.31. The number of hydrogen-bond donors (Lipinski definition) is 1. The number of rotatable bonds is 5. The fraction of sp³-hybridized carbons (Fsp3) is 0.200. The summed E-state index contributed by atoms with van der Waals surface area (Å²) in [6.45, 7) is 1.60. The van der Waals surface area contributed by atoms with E-state index >= 15 is 0 Å². The average Bonchev–Trinajstić information content (AvgIpc) is 3.04. The van der Waals surface area contributed by atoms with Crippen LogP contribution in [0.15, 0.2) is 46.0 Å². The molecule has 2 heterocycles. The highest BCUT2D eigenvalue weighted by atomic mass is 35.5. The topological polar surface area (TPSA) is 90.4 Å². The maximum atomic E-state index is 13.8. The molecule has 0 saturated carbocycles. The molecule has 160 valence electrons. The lowest BCUT2D eigenvalue weighted by atomic mass is 10.2. The maximum Gasteiger partial charge on any atom is 0.352 e. The molecular formula is C20H16ClF2N5O3. The largest absolute Gasteiger partial charge is 0.352 e. The van der Waals surface area contributed by atoms with Crippen LogP contribution in [-0.4, -0.2) is 24.7 Å². The molecule has 2 aromatic heterocycles. The minimum atomic E-state index is -0.825. The predicted molar refractivity (Wildman–Crippen MR) is 112 cm³/mol. The molecular weight excluding hydrogens is 432 g/mol. The van der Waals surface area contributed by atoms with Crippen LogP contribution in [0.1, 0.15) is 13.3 Å². The number of carbonyl (C=O) groups excluding carboxylic acids is 1. The van der Waals surface area contributed by atoms with Gasteiger partial charge in [0.1, 0.15) is 18.2 Å². The number of benzene rings is 2. The predicted octanol–water partition coefficient (Wildman–Crippen LogP) is 2.79. The van der Waals surface area contributed by atoms with Gasteiger partial charge in [-0.15, -0.1) is 5.10 Å². The number of halogens is 3. The summed E-state index contributed by atoms with van der Waals surface area (Å²) in [6.07, 6.45) is 0.606. The number of nitrogens with zero attached hydrogens (tertiary/aromatic N) is 4. The molecule has 4 rings (SSSR count). The Bertz CT molecular complexity index is 1460. The minimum absolute atomic E-state index is 0.0522. The summed E-state index contributed by atoms with van der Waals surface area (Å²) >= 11 is 6.05. The zero-order valence-corrected chi connectivity index (χ0v) is 17.0. The lowest BCUT2D eigenvalue weighted by Crippen LogP contribution is -2.29. The number of anilines is 1. The lowest BCUT2D eigenvalue weighted by Gasteiger charge is -2.08. The first-order valence-corrected chi connectivity index (χ1v) is 9.74. The Morgan fingerprint density at radius 3 is 2.68 bits per heavy atom. The second-order valence-electron chi connectivity index (χ2n) is 6.87. The van der Waals surface area contributed by atoms with Crippen molar-refractivity contribution in [3.8, 4) is 0 Å². The van der Waals surface area contributed by atoms with Crippen molar-refractivity contribution in [2.45, 2.75) is 26.4 Å². The van der Waals surface area contributed by atoms with E-state index in [1.54, 1.807) is 6.07 Å². The van der Waals surface area contributed by atoms with Gasteiger partial charge in [-0.25, -0.2) is 22.7 Å². The van der Waals surface area contributed by atoms with Crippen LogP contribution >= 0.6 is 11.6 Å². The molecule has 0 saturated heterocycles. The van der Waals surface area contributed by atoms with Crippen molar-refractivity contribution < 1.29 is 13.6 Å². The molecule has 0 spiro atoms. The van der Waals surface area contributed by atoms with Gasteiger partial charge in [-0.3, -0.25) is 14.2 Å². The second-order valence-corrected chi connectivity index (χ2v) is 7.30. The first kappa shape index (κ1) is 20.7. The Labute approximate surface area is 178 Å². The SMILES string of the molecule is CCCn1c(=O)c2ccc(Cl)cc2n2c(=O)n(CC(=O)Nc3cc(F)ccc3F)nc12. The van der Waals surface area contributed by atoms with Gasteiger partial charge in [-0.05, 0) is 36.8 Å². The first-order chi connectivity index (χ1) is 14.8. The Hall–Kier alpha value is -3.53. The van der Waals surface area contributed by atoms with Crippen LogP contribution in [0.5, 0.6) is 0 Å². The first-order valence-electron chi connectivity index (χ1n) is 9.36. The fourth-order valence-corrected chi connectivity index (χ4v) is 3.50. The molecule has 0 radical (unpaired) electrons. The number of aromatic nitrogens is 4. The van der Waals surface area contributed by atoms with Crippen molar-refractivity contribution >= 4 is 39.9 Å². The zero-order chi connectivity index (χ0) is 22.3. The van der Waals surface area contributed by atoms with Crippen LogP contribution in [0.25, 0.3) is 16.7 Å². The third-order valence-electron chi connectivity index (χ3n) is 4.68. The van der Waals surface area contributed by atoms with E-state index in [0.717, 1.165) is 22.9 Å². The van der Waals surface area contributed by atoms with E-state index in [1.165, 1.54) is 21.1 Å². The summed E-state index contributed by atoms with van der Waals surface area (Å²) in [5.74, 6) is -2.29. The van der Waals surface area contributed by atoms with Crippen molar-refractivity contribution in [3.63, 3.8) is 0 Å². The quantitative estimate of drug-likeness (QED) is 0.509. The normalized spacial score (nSPS) is 11.4. The highest BCUT2D eigenvalue weighted by Gasteiger charge is 2.19. The molecule has 0 aliphatic heterocycles. The highest BCUT2D eigenvalue weighted by Crippen LogP contribution is 2.18. The Balaban J connectivity index is 1.82. The van der Waals surface area contributed by atoms with E-state index in [2.05, 4.69) is 10.4 Å². The van der Waals surface area contributed by atoms with Crippen LogP contribution in [0, 0.1) is 11.6 Å². The zero-order valence-electron chi connectivity index (χ0n) is 16.2. The van der Waals surface area contributed by atoms with Crippen molar-refractivity contribution in [2.24, 2.45) is 0 Å². The van der Waals surface area contributed by atoms with Crippen molar-refractivity contribution in [1.29, 1.82) is 0 Å². The number of amides is 1. The Morgan fingerprint density at radius 2 is 1.94 bits per heavy atom. The van der Waals surface area contributed by atoms with Crippen LogP contribution in [0.3, 0.4) is 0 Å². The standard InChI is InChI=1S/C20H16ClF2N5O3/c1-2-7-26-18(30)13-5-3-11(21)8-16(13)28-19(26)25-27(20(28)31)10-17(29)24-15-9-12(22)4-6-14(15)23/h3-6,8-9H,2,7,10H2,1H3,(H,24,29). The minimum Gasteiger partial charge on any atom is -0.322 e. The van der Waals surface area contributed by atoms with Gasteiger partial charge in [0.2, 0.25) is 11.7 Å². The smallest absolute Gasteiger partial charge is 0.322 e. The number of aryl methyl sites for hydroxylation is 1. The van der Waals surface area contributed by atoms with Gasteiger partial charge in [0.25, 0.3) is 5.56 Å². The van der Waals surface area contributed by atoms with Gasteiger partial charge in [0, 0.05) is 17.6 Å². The second kappa shape index (κ2) is 7.95. The van der Waals surface area contributed by atoms with Gasteiger partial charge < -0.3 is 5.32 Å². The van der Waals surface area contributed by atoms with Gasteiger partial charge >= 0.3 is 5.69 Å². The Kier molecular flexibility index (Phi) is 5.32. The van der Waals surface area contributed by atoms with Gasteiger partial charge in [-0.1, -0.05) is 18.5 Å². The molecule has 1 N–H and O–H groups in total. The Morgan fingerprint density at radius 1 is 1.16 bits per heavy atom. The molecule has 31 heavy (non-hydrogen) atoms. The molecule has 2 aromatic carbocycles. The molecule has 4 aromatic rings. The fourth-order valence-electron chi connectivity index (χ4n) is 3.34. The summed E-state index contributed by atoms with van der Waals surface area (Å²) in [7, 11) is 0. The molecule has 8 nitrogen and oxygen atoms in total. The molecule has 0 aliphatic carbocycles.